The van der Waals surface area contributed by atoms with E-state index in [0.29, 0.717) is 17.3 Å². The zero-order valence-corrected chi connectivity index (χ0v) is 10.6. The molecule has 0 bridgehead atoms. The number of aromatic amines is 1. The molecule has 2 aromatic rings. The van der Waals surface area contributed by atoms with Gasteiger partial charge in [-0.15, -0.1) is 0 Å². The molecular formula is C12H16N4O2. The maximum absolute atomic E-state index is 11.8. The van der Waals surface area contributed by atoms with Crippen molar-refractivity contribution in [3.8, 4) is 11.4 Å². The lowest BCUT2D eigenvalue weighted by molar-refractivity contribution is 0.414. The zero-order valence-electron chi connectivity index (χ0n) is 10.6. The Labute approximate surface area is 104 Å². The number of hydrogen-bond acceptors (Lipinski definition) is 4. The fraction of sp³-hybridized carbons (Fsp3) is 0.333. The summed E-state index contributed by atoms with van der Waals surface area (Å²) in [5, 5.41) is 6.39. The van der Waals surface area contributed by atoms with Crippen LogP contribution in [0.25, 0.3) is 5.69 Å². The van der Waals surface area contributed by atoms with Gasteiger partial charge in [-0.2, -0.15) is 5.10 Å². The summed E-state index contributed by atoms with van der Waals surface area (Å²) in [6.45, 7) is 3.58. The molecule has 2 rings (SSSR count). The Morgan fingerprint density at radius 3 is 2.78 bits per heavy atom. The summed E-state index contributed by atoms with van der Waals surface area (Å²) in [6, 6.07) is 7.17. The molecular weight excluding hydrogens is 232 g/mol. The van der Waals surface area contributed by atoms with E-state index in [9.17, 15) is 4.79 Å². The highest BCUT2D eigenvalue weighted by Gasteiger charge is 2.23. The fourth-order valence-electron chi connectivity index (χ4n) is 1.72. The molecule has 1 heterocycles. The number of ether oxygens (including phenoxy) is 1. The first-order valence-electron chi connectivity index (χ1n) is 5.54. The summed E-state index contributed by atoms with van der Waals surface area (Å²) < 4.78 is 6.59. The van der Waals surface area contributed by atoms with Crippen molar-refractivity contribution in [2.45, 2.75) is 19.4 Å². The highest BCUT2D eigenvalue weighted by molar-refractivity contribution is 5.40. The average Bonchev–Trinajstić information content (AvgIpc) is 2.71. The van der Waals surface area contributed by atoms with Gasteiger partial charge < -0.3 is 10.5 Å². The molecule has 0 saturated carbocycles. The number of nitrogens with zero attached hydrogens (tertiary/aromatic N) is 2. The summed E-state index contributed by atoms with van der Waals surface area (Å²) in [5.41, 5.74) is 5.63. The molecule has 0 spiro atoms. The van der Waals surface area contributed by atoms with Crippen LogP contribution < -0.4 is 16.2 Å². The number of methoxy groups -OCH3 is 1. The van der Waals surface area contributed by atoms with Gasteiger partial charge in [0.25, 0.3) is 0 Å². The molecule has 0 aliphatic heterocycles. The summed E-state index contributed by atoms with van der Waals surface area (Å²) in [7, 11) is 1.57. The van der Waals surface area contributed by atoms with Crippen molar-refractivity contribution in [1.82, 2.24) is 14.8 Å². The average molecular weight is 248 g/mol. The number of hydrogen-bond donors (Lipinski definition) is 2. The van der Waals surface area contributed by atoms with Gasteiger partial charge in [-0.1, -0.05) is 6.07 Å². The number of H-pyrrole nitrogens is 1. The molecule has 18 heavy (non-hydrogen) atoms. The SMILES string of the molecule is COc1cccc(-n2c(C(C)(C)N)n[nH]c2=O)c1. The van der Waals surface area contributed by atoms with Crippen LogP contribution in [0.1, 0.15) is 19.7 Å². The third-order valence-electron chi connectivity index (χ3n) is 2.56. The zero-order chi connectivity index (χ0) is 13.3. The lowest BCUT2D eigenvalue weighted by Gasteiger charge is -2.18. The first-order valence-corrected chi connectivity index (χ1v) is 5.54. The van der Waals surface area contributed by atoms with Crippen molar-refractivity contribution >= 4 is 0 Å². The molecule has 0 atom stereocenters. The summed E-state index contributed by atoms with van der Waals surface area (Å²) >= 11 is 0. The van der Waals surface area contributed by atoms with Crippen molar-refractivity contribution in [3.05, 3.63) is 40.6 Å². The second-order valence-corrected chi connectivity index (χ2v) is 4.61. The van der Waals surface area contributed by atoms with Crippen LogP contribution in [0.2, 0.25) is 0 Å². The van der Waals surface area contributed by atoms with E-state index in [2.05, 4.69) is 10.2 Å². The number of benzene rings is 1. The molecule has 0 saturated heterocycles. The number of rotatable bonds is 3. The predicted molar refractivity (Wildman–Crippen MR) is 68.0 cm³/mol. The van der Waals surface area contributed by atoms with Crippen molar-refractivity contribution in [3.63, 3.8) is 0 Å². The number of nitrogens with one attached hydrogen (secondary N) is 1. The molecule has 1 aromatic carbocycles. The van der Waals surface area contributed by atoms with E-state index in [1.165, 1.54) is 4.57 Å². The Bertz CT molecular complexity index is 607. The first-order chi connectivity index (χ1) is 8.43. The van der Waals surface area contributed by atoms with E-state index >= 15 is 0 Å². The van der Waals surface area contributed by atoms with Crippen LogP contribution in [0.15, 0.2) is 29.1 Å². The fourth-order valence-corrected chi connectivity index (χ4v) is 1.72. The highest BCUT2D eigenvalue weighted by atomic mass is 16.5. The number of nitrogens with two attached hydrogens (primary N) is 1. The maximum atomic E-state index is 11.8. The predicted octanol–water partition coefficient (Wildman–Crippen LogP) is 0.763. The van der Waals surface area contributed by atoms with Gasteiger partial charge >= 0.3 is 5.69 Å². The summed E-state index contributed by atoms with van der Waals surface area (Å²) in [5.74, 6) is 1.14. The second kappa shape index (κ2) is 4.30. The van der Waals surface area contributed by atoms with Gasteiger partial charge in [-0.3, -0.25) is 0 Å². The summed E-state index contributed by atoms with van der Waals surface area (Å²) in [4.78, 5) is 11.8. The Morgan fingerprint density at radius 1 is 1.44 bits per heavy atom. The Morgan fingerprint density at radius 2 is 2.17 bits per heavy atom. The van der Waals surface area contributed by atoms with E-state index in [4.69, 9.17) is 10.5 Å². The highest BCUT2D eigenvalue weighted by Crippen LogP contribution is 2.19. The van der Waals surface area contributed by atoms with Crippen molar-refractivity contribution in [1.29, 1.82) is 0 Å². The van der Waals surface area contributed by atoms with Crippen molar-refractivity contribution < 1.29 is 4.74 Å². The minimum Gasteiger partial charge on any atom is -0.497 e. The van der Waals surface area contributed by atoms with Gasteiger partial charge in [0, 0.05) is 6.07 Å². The Hall–Kier alpha value is -2.08. The molecule has 0 fully saturated rings. The number of aromatic nitrogens is 3. The monoisotopic (exact) mass is 248 g/mol. The van der Waals surface area contributed by atoms with E-state index in [-0.39, 0.29) is 5.69 Å². The molecule has 0 radical (unpaired) electrons. The minimum absolute atomic E-state index is 0.322. The molecule has 0 aliphatic rings. The third-order valence-corrected chi connectivity index (χ3v) is 2.56. The van der Waals surface area contributed by atoms with E-state index in [0.717, 1.165) is 0 Å². The van der Waals surface area contributed by atoms with Crippen LogP contribution in [-0.2, 0) is 5.54 Å². The first kappa shape index (κ1) is 12.4. The van der Waals surface area contributed by atoms with Crippen LogP contribution in [-0.4, -0.2) is 21.9 Å². The van der Waals surface area contributed by atoms with Crippen LogP contribution in [0.5, 0.6) is 5.75 Å². The summed E-state index contributed by atoms with van der Waals surface area (Å²) in [6.07, 6.45) is 0. The molecule has 1 aromatic heterocycles. The lowest BCUT2D eigenvalue weighted by atomic mass is 10.1. The minimum atomic E-state index is -0.720. The second-order valence-electron chi connectivity index (χ2n) is 4.61. The largest absolute Gasteiger partial charge is 0.497 e. The van der Waals surface area contributed by atoms with Crippen LogP contribution in [0.4, 0.5) is 0 Å². The lowest BCUT2D eigenvalue weighted by Crippen LogP contribution is -2.34. The molecule has 96 valence electrons. The standard InChI is InChI=1S/C12H16N4O2/c1-12(2,13)10-14-15-11(17)16(10)8-5-4-6-9(7-8)18-3/h4-7H,13H2,1-3H3,(H,15,17). The van der Waals surface area contributed by atoms with E-state index in [1.807, 2.05) is 6.07 Å². The van der Waals surface area contributed by atoms with E-state index in [1.54, 1.807) is 39.2 Å². The quantitative estimate of drug-likeness (QED) is 0.839. The van der Waals surface area contributed by atoms with Crippen LogP contribution >= 0.6 is 0 Å². The topological polar surface area (TPSA) is 85.9 Å². The Balaban J connectivity index is 2.63. The van der Waals surface area contributed by atoms with Gasteiger partial charge in [0.15, 0.2) is 5.82 Å². The molecule has 6 nitrogen and oxygen atoms in total. The normalized spacial score (nSPS) is 11.6. The van der Waals surface area contributed by atoms with Gasteiger partial charge in [-0.25, -0.2) is 14.5 Å². The smallest absolute Gasteiger partial charge is 0.347 e. The molecule has 0 amide bonds. The van der Waals surface area contributed by atoms with Gasteiger partial charge in [0.1, 0.15) is 5.75 Å². The van der Waals surface area contributed by atoms with Gasteiger partial charge in [0.2, 0.25) is 0 Å². The van der Waals surface area contributed by atoms with Crippen molar-refractivity contribution in [2.75, 3.05) is 7.11 Å². The molecule has 6 heteroatoms. The third kappa shape index (κ3) is 2.14. The van der Waals surface area contributed by atoms with Crippen LogP contribution in [0, 0.1) is 0 Å². The Kier molecular flexibility index (Phi) is 2.96. The maximum Gasteiger partial charge on any atom is 0.347 e. The molecule has 3 N–H and O–H groups in total. The van der Waals surface area contributed by atoms with Crippen LogP contribution in [0.3, 0.4) is 0 Å². The van der Waals surface area contributed by atoms with Gasteiger partial charge in [0.05, 0.1) is 18.3 Å². The van der Waals surface area contributed by atoms with Gasteiger partial charge in [-0.05, 0) is 26.0 Å². The van der Waals surface area contributed by atoms with Crippen molar-refractivity contribution in [2.24, 2.45) is 5.73 Å². The molecule has 0 unspecified atom stereocenters. The molecule has 0 aliphatic carbocycles. The van der Waals surface area contributed by atoms with E-state index < -0.39 is 5.54 Å².